The van der Waals surface area contributed by atoms with Gasteiger partial charge in [-0.25, -0.2) is 13.2 Å². The third kappa shape index (κ3) is 9.41. The van der Waals surface area contributed by atoms with Gasteiger partial charge in [0, 0.05) is 45.7 Å². The zero-order chi connectivity index (χ0) is 39.3. The van der Waals surface area contributed by atoms with Gasteiger partial charge in [-0.3, -0.25) is 4.79 Å². The van der Waals surface area contributed by atoms with Crippen molar-refractivity contribution in [3.05, 3.63) is 124 Å². The molecule has 0 saturated carbocycles. The number of H-pyrrole nitrogens is 1. The van der Waals surface area contributed by atoms with Gasteiger partial charge in [0.05, 0.1) is 30.6 Å². The Kier molecular flexibility index (Phi) is 12.7. The summed E-state index contributed by atoms with van der Waals surface area (Å²) in [4.78, 5) is 29.7. The molecule has 0 aliphatic rings. The van der Waals surface area contributed by atoms with Crippen molar-refractivity contribution in [2.45, 2.75) is 68.6 Å². The van der Waals surface area contributed by atoms with E-state index in [4.69, 9.17) is 4.74 Å². The number of hydrogen-bond donors (Lipinski definition) is 3. The van der Waals surface area contributed by atoms with E-state index in [1.165, 1.54) is 18.2 Å². The molecular weight excluding hydrogens is 740 g/mol. The van der Waals surface area contributed by atoms with Crippen LogP contribution in [0.2, 0.25) is 0 Å². The predicted octanol–water partition coefficient (Wildman–Crippen LogP) is 8.55. The Hall–Kier alpha value is -4.50. The number of benzene rings is 3. The highest BCUT2D eigenvalue weighted by Crippen LogP contribution is 2.44. The van der Waals surface area contributed by atoms with E-state index in [1.54, 1.807) is 85.1 Å². The standard InChI is InChI=1S/C40H44F3N3O6S2/c1-39(2,3)21-23-46(54(50,51)35-17-11-16-30-28(35)20-22-44-30)31(25-47)34-19-18-33(53-34)29(40(41,42)43)24-32(48)37(45-38(49)52-4)36(26-12-7-5-8-13-26)27-14-9-6-10-15-27/h5-20,22,29,31,36-37,44,47H,21,23-25H2,1-4H3,(H,45,49)/t29-,31-,37-/m1/s1. The van der Waals surface area contributed by atoms with Crippen LogP contribution in [-0.2, 0) is 19.6 Å². The minimum atomic E-state index is -4.90. The molecule has 0 bridgehead atoms. The van der Waals surface area contributed by atoms with Crippen LogP contribution in [0, 0.1) is 5.41 Å². The minimum Gasteiger partial charge on any atom is -0.453 e. The smallest absolute Gasteiger partial charge is 0.407 e. The van der Waals surface area contributed by atoms with E-state index in [0.717, 1.165) is 11.4 Å². The number of sulfonamides is 1. The summed E-state index contributed by atoms with van der Waals surface area (Å²) in [5, 5.41) is 13.7. The Bertz CT molecular complexity index is 2090. The van der Waals surface area contributed by atoms with E-state index in [9.17, 15) is 23.1 Å². The largest absolute Gasteiger partial charge is 0.453 e. The van der Waals surface area contributed by atoms with E-state index in [1.807, 2.05) is 20.8 Å². The first-order valence-electron chi connectivity index (χ1n) is 17.4. The van der Waals surface area contributed by atoms with Crippen LogP contribution < -0.4 is 5.32 Å². The minimum absolute atomic E-state index is 0.000289. The molecule has 14 heteroatoms. The lowest BCUT2D eigenvalue weighted by molar-refractivity contribution is -0.156. The van der Waals surface area contributed by atoms with Gasteiger partial charge < -0.3 is 20.1 Å². The van der Waals surface area contributed by atoms with Gasteiger partial charge in [0.1, 0.15) is 6.04 Å². The number of aliphatic hydroxyl groups excluding tert-OH is 1. The monoisotopic (exact) mass is 783 g/mol. The van der Waals surface area contributed by atoms with E-state index in [2.05, 4.69) is 10.3 Å². The molecule has 54 heavy (non-hydrogen) atoms. The van der Waals surface area contributed by atoms with Crippen molar-refractivity contribution in [2.75, 3.05) is 20.3 Å². The fraction of sp³-hybridized carbons (Fsp3) is 0.350. The number of methoxy groups -OCH3 is 1. The number of ether oxygens (including phenoxy) is 1. The number of fused-ring (bicyclic) bond motifs is 1. The molecule has 3 aromatic carbocycles. The Morgan fingerprint density at radius 2 is 1.50 bits per heavy atom. The molecule has 3 atom stereocenters. The van der Waals surface area contributed by atoms with E-state index in [0.29, 0.717) is 39.8 Å². The summed E-state index contributed by atoms with van der Waals surface area (Å²) in [6.07, 6.45) is -4.91. The number of nitrogens with zero attached hydrogens (tertiary/aromatic N) is 1. The van der Waals surface area contributed by atoms with Crippen LogP contribution in [0.5, 0.6) is 0 Å². The number of nitrogens with one attached hydrogen (secondary N) is 2. The SMILES string of the molecule is COC(=O)N[C@H](C(=O)C[C@H](c1ccc([C@@H](CO)N(CCC(C)(C)C)S(=O)(=O)c2cccc3[nH]ccc23)s1)C(F)(F)F)C(c1ccccc1)c1ccccc1. The molecule has 0 unspecified atom stereocenters. The van der Waals surface area contributed by atoms with Crippen molar-refractivity contribution >= 4 is 44.1 Å². The molecule has 0 spiro atoms. The maximum atomic E-state index is 15.0. The highest BCUT2D eigenvalue weighted by Gasteiger charge is 2.46. The number of amides is 1. The van der Waals surface area contributed by atoms with Crippen LogP contribution in [-0.4, -0.2) is 67.2 Å². The van der Waals surface area contributed by atoms with Gasteiger partial charge in [0.2, 0.25) is 10.0 Å². The number of halogens is 3. The van der Waals surface area contributed by atoms with Crippen molar-refractivity contribution in [3.63, 3.8) is 0 Å². The highest BCUT2D eigenvalue weighted by molar-refractivity contribution is 7.89. The second-order valence-electron chi connectivity index (χ2n) is 14.2. The summed E-state index contributed by atoms with van der Waals surface area (Å²) in [5.74, 6) is -4.04. The fourth-order valence-electron chi connectivity index (χ4n) is 6.49. The first-order valence-corrected chi connectivity index (χ1v) is 19.6. The molecule has 2 heterocycles. The molecule has 5 aromatic rings. The van der Waals surface area contributed by atoms with Crippen molar-refractivity contribution in [2.24, 2.45) is 5.41 Å². The molecule has 0 aliphatic heterocycles. The molecular formula is C40H44F3N3O6S2. The number of rotatable bonds is 15. The summed E-state index contributed by atoms with van der Waals surface area (Å²) in [5.41, 5.74) is 1.46. The molecule has 2 aromatic heterocycles. The number of alkyl carbamates (subject to hydrolysis) is 1. The number of carbonyl (C=O) groups excluding carboxylic acids is 2. The lowest BCUT2D eigenvalue weighted by Crippen LogP contribution is -2.46. The van der Waals surface area contributed by atoms with Crippen molar-refractivity contribution in [3.8, 4) is 0 Å². The fourth-order valence-corrected chi connectivity index (χ4v) is 9.61. The van der Waals surface area contributed by atoms with Gasteiger partial charge in [-0.05, 0) is 53.3 Å². The van der Waals surface area contributed by atoms with Crippen LogP contribution in [0.3, 0.4) is 0 Å². The Morgan fingerprint density at radius 1 is 0.889 bits per heavy atom. The summed E-state index contributed by atoms with van der Waals surface area (Å²) < 4.78 is 79.8. The van der Waals surface area contributed by atoms with Crippen molar-refractivity contribution in [1.82, 2.24) is 14.6 Å². The van der Waals surface area contributed by atoms with Crippen LogP contribution >= 0.6 is 11.3 Å². The number of alkyl halides is 3. The average molecular weight is 784 g/mol. The van der Waals surface area contributed by atoms with Gasteiger partial charge in [-0.15, -0.1) is 11.3 Å². The number of carbonyl (C=O) groups is 2. The van der Waals surface area contributed by atoms with Gasteiger partial charge in [-0.2, -0.15) is 17.5 Å². The number of aromatic amines is 1. The number of thiophene rings is 1. The summed E-state index contributed by atoms with van der Waals surface area (Å²) in [6, 6.07) is 23.8. The third-order valence-electron chi connectivity index (χ3n) is 9.32. The number of aromatic nitrogens is 1. The second kappa shape index (κ2) is 16.9. The van der Waals surface area contributed by atoms with Crippen LogP contribution in [0.25, 0.3) is 10.9 Å². The molecule has 0 radical (unpaired) electrons. The Morgan fingerprint density at radius 3 is 2.06 bits per heavy atom. The molecule has 1 amide bonds. The highest BCUT2D eigenvalue weighted by atomic mass is 32.2. The average Bonchev–Trinajstić information content (AvgIpc) is 3.82. The summed E-state index contributed by atoms with van der Waals surface area (Å²) in [7, 11) is -3.19. The molecule has 5 rings (SSSR count). The van der Waals surface area contributed by atoms with Crippen molar-refractivity contribution in [1.29, 1.82) is 0 Å². The number of Topliss-reactive ketones (excluding diaryl/α,β-unsaturated/α-hetero) is 1. The topological polar surface area (TPSA) is 129 Å². The van der Waals surface area contributed by atoms with E-state index < -0.39 is 65.0 Å². The molecule has 0 fully saturated rings. The lowest BCUT2D eigenvalue weighted by atomic mass is 9.81. The maximum Gasteiger partial charge on any atom is 0.407 e. The van der Waals surface area contributed by atoms with Gasteiger partial charge >= 0.3 is 12.3 Å². The Balaban J connectivity index is 1.53. The van der Waals surface area contributed by atoms with Crippen LogP contribution in [0.4, 0.5) is 18.0 Å². The third-order valence-corrected chi connectivity index (χ3v) is 12.6. The maximum absolute atomic E-state index is 15.0. The summed E-state index contributed by atoms with van der Waals surface area (Å²) >= 11 is 0.696. The molecule has 0 aliphatic carbocycles. The van der Waals surface area contributed by atoms with Gasteiger partial charge in [-0.1, -0.05) is 87.5 Å². The second-order valence-corrected chi connectivity index (χ2v) is 17.2. The zero-order valence-corrected chi connectivity index (χ0v) is 32.0. The van der Waals surface area contributed by atoms with Crippen LogP contribution in [0.15, 0.2) is 108 Å². The molecule has 288 valence electrons. The molecule has 3 N–H and O–H groups in total. The van der Waals surface area contributed by atoms with Crippen molar-refractivity contribution < 1.29 is 41.0 Å². The first-order chi connectivity index (χ1) is 25.5. The molecule has 0 saturated heterocycles. The predicted molar refractivity (Wildman–Crippen MR) is 203 cm³/mol. The van der Waals surface area contributed by atoms with Gasteiger partial charge in [0.15, 0.2) is 5.78 Å². The number of ketones is 1. The Labute approximate surface area is 317 Å². The quantitative estimate of drug-likeness (QED) is 0.0977. The van der Waals surface area contributed by atoms with E-state index in [-0.39, 0.29) is 26.6 Å². The molecule has 9 nitrogen and oxygen atoms in total. The lowest BCUT2D eigenvalue weighted by Gasteiger charge is -2.32. The van der Waals surface area contributed by atoms with Crippen LogP contribution in [0.1, 0.15) is 72.4 Å². The number of aliphatic hydroxyl groups is 1. The number of hydrogen-bond acceptors (Lipinski definition) is 7. The first kappa shape index (κ1) is 40.7. The summed E-state index contributed by atoms with van der Waals surface area (Å²) in [6.45, 7) is 5.09. The zero-order valence-electron chi connectivity index (χ0n) is 30.3. The van der Waals surface area contributed by atoms with E-state index >= 15 is 13.2 Å². The normalized spacial score (nSPS) is 14.3. The van der Waals surface area contributed by atoms with Gasteiger partial charge in [0.25, 0.3) is 0 Å².